The first-order valence-corrected chi connectivity index (χ1v) is 6.95. The van der Waals surface area contributed by atoms with Crippen molar-refractivity contribution in [3.8, 4) is 5.75 Å². The molecule has 2 rings (SSSR count). The van der Waals surface area contributed by atoms with Crippen molar-refractivity contribution in [1.82, 2.24) is 4.98 Å². The standard InChI is InChI=1S/C16H20N4O/c1-2-21-14-9-6-11-19-16(14)20(12-10-15(17)18)13-7-4-3-5-8-13/h3-9,11H,2,10,12H2,1H3,(H3,17,18). The number of amidine groups is 1. The number of hydrogen-bond acceptors (Lipinski definition) is 4. The summed E-state index contributed by atoms with van der Waals surface area (Å²) in [5.41, 5.74) is 6.50. The van der Waals surface area contributed by atoms with Gasteiger partial charge in [-0.1, -0.05) is 18.2 Å². The van der Waals surface area contributed by atoms with Gasteiger partial charge >= 0.3 is 0 Å². The van der Waals surface area contributed by atoms with E-state index in [0.717, 1.165) is 17.3 Å². The molecule has 0 unspecified atom stereocenters. The number of nitrogens with one attached hydrogen (secondary N) is 1. The Morgan fingerprint density at radius 1 is 1.24 bits per heavy atom. The van der Waals surface area contributed by atoms with Crippen LogP contribution >= 0.6 is 0 Å². The van der Waals surface area contributed by atoms with E-state index in [2.05, 4.69) is 4.98 Å². The second-order valence-corrected chi connectivity index (χ2v) is 4.52. The van der Waals surface area contributed by atoms with Crippen molar-refractivity contribution >= 4 is 17.3 Å². The van der Waals surface area contributed by atoms with Crippen molar-refractivity contribution in [2.45, 2.75) is 13.3 Å². The lowest BCUT2D eigenvalue weighted by atomic mass is 10.2. The Balaban J connectivity index is 2.37. The maximum atomic E-state index is 7.45. The highest BCUT2D eigenvalue weighted by atomic mass is 16.5. The average molecular weight is 284 g/mol. The van der Waals surface area contributed by atoms with Crippen LogP contribution in [0.2, 0.25) is 0 Å². The lowest BCUT2D eigenvalue weighted by Gasteiger charge is -2.25. The van der Waals surface area contributed by atoms with E-state index in [1.807, 2.05) is 54.3 Å². The summed E-state index contributed by atoms with van der Waals surface area (Å²) in [4.78, 5) is 6.46. The van der Waals surface area contributed by atoms with E-state index in [0.29, 0.717) is 19.6 Å². The average Bonchev–Trinajstić information content (AvgIpc) is 2.50. The first-order valence-electron chi connectivity index (χ1n) is 6.95. The van der Waals surface area contributed by atoms with Crippen molar-refractivity contribution in [3.63, 3.8) is 0 Å². The molecule has 0 saturated carbocycles. The molecule has 0 atom stereocenters. The smallest absolute Gasteiger partial charge is 0.175 e. The first kappa shape index (κ1) is 14.8. The number of pyridine rings is 1. The number of hydrogen-bond donors (Lipinski definition) is 2. The fourth-order valence-electron chi connectivity index (χ4n) is 2.05. The molecule has 0 aliphatic heterocycles. The molecule has 3 N–H and O–H groups in total. The molecule has 0 saturated heterocycles. The summed E-state index contributed by atoms with van der Waals surface area (Å²) in [6.07, 6.45) is 2.21. The van der Waals surface area contributed by atoms with Gasteiger partial charge in [-0.25, -0.2) is 4.98 Å². The van der Waals surface area contributed by atoms with Crippen LogP contribution in [0.4, 0.5) is 11.5 Å². The van der Waals surface area contributed by atoms with Crippen LogP contribution in [0.25, 0.3) is 0 Å². The minimum absolute atomic E-state index is 0.157. The Hall–Kier alpha value is -2.56. The lowest BCUT2D eigenvalue weighted by molar-refractivity contribution is 0.339. The molecule has 0 spiro atoms. The normalized spacial score (nSPS) is 10.1. The highest BCUT2D eigenvalue weighted by Crippen LogP contribution is 2.31. The number of ether oxygens (including phenoxy) is 1. The molecule has 2 aromatic rings. The summed E-state index contributed by atoms with van der Waals surface area (Å²) in [6.45, 7) is 3.10. The molecule has 0 aliphatic rings. The second kappa shape index (κ2) is 7.28. The molecule has 5 heteroatoms. The summed E-state index contributed by atoms with van der Waals surface area (Å²) >= 11 is 0. The predicted molar refractivity (Wildman–Crippen MR) is 85.4 cm³/mol. The van der Waals surface area contributed by atoms with E-state index in [9.17, 15) is 0 Å². The Bertz CT molecular complexity index is 586. The van der Waals surface area contributed by atoms with E-state index >= 15 is 0 Å². The van der Waals surface area contributed by atoms with Crippen molar-refractivity contribution in [3.05, 3.63) is 48.7 Å². The fraction of sp³-hybridized carbons (Fsp3) is 0.250. The summed E-state index contributed by atoms with van der Waals surface area (Å²) < 4.78 is 5.66. The minimum atomic E-state index is 0.157. The molecule has 0 bridgehead atoms. The zero-order valence-electron chi connectivity index (χ0n) is 12.1. The summed E-state index contributed by atoms with van der Waals surface area (Å²) in [6, 6.07) is 13.7. The minimum Gasteiger partial charge on any atom is -0.490 e. The van der Waals surface area contributed by atoms with Gasteiger partial charge in [0.1, 0.15) is 0 Å². The van der Waals surface area contributed by atoms with Gasteiger partial charge in [0.25, 0.3) is 0 Å². The van der Waals surface area contributed by atoms with Gasteiger partial charge in [0.05, 0.1) is 12.4 Å². The number of aromatic nitrogens is 1. The van der Waals surface area contributed by atoms with Gasteiger partial charge in [-0.2, -0.15) is 0 Å². The molecular formula is C16H20N4O. The van der Waals surface area contributed by atoms with Gasteiger partial charge in [0, 0.05) is 24.8 Å². The number of rotatable bonds is 7. The van der Waals surface area contributed by atoms with Crippen LogP contribution in [-0.4, -0.2) is 24.0 Å². The van der Waals surface area contributed by atoms with Crippen LogP contribution in [0.5, 0.6) is 5.75 Å². The van der Waals surface area contributed by atoms with E-state index in [-0.39, 0.29) is 5.84 Å². The molecule has 1 heterocycles. The zero-order valence-corrected chi connectivity index (χ0v) is 12.1. The maximum Gasteiger partial charge on any atom is 0.175 e. The van der Waals surface area contributed by atoms with E-state index in [1.54, 1.807) is 6.20 Å². The summed E-state index contributed by atoms with van der Waals surface area (Å²) in [7, 11) is 0. The Labute approximate surface area is 124 Å². The third-order valence-corrected chi connectivity index (χ3v) is 2.98. The molecular weight excluding hydrogens is 264 g/mol. The second-order valence-electron chi connectivity index (χ2n) is 4.52. The van der Waals surface area contributed by atoms with Gasteiger partial charge in [-0.15, -0.1) is 0 Å². The molecule has 0 fully saturated rings. The van der Waals surface area contributed by atoms with Gasteiger partial charge < -0.3 is 15.4 Å². The molecule has 110 valence electrons. The monoisotopic (exact) mass is 284 g/mol. The summed E-state index contributed by atoms with van der Waals surface area (Å²) in [5, 5.41) is 7.45. The quantitative estimate of drug-likeness (QED) is 0.605. The van der Waals surface area contributed by atoms with Gasteiger partial charge in [0.15, 0.2) is 11.6 Å². The largest absolute Gasteiger partial charge is 0.490 e. The first-order chi connectivity index (χ1) is 10.2. The van der Waals surface area contributed by atoms with E-state index in [1.165, 1.54) is 0 Å². The van der Waals surface area contributed by atoms with Crippen LogP contribution in [0, 0.1) is 5.41 Å². The van der Waals surface area contributed by atoms with E-state index < -0.39 is 0 Å². The molecule has 5 nitrogen and oxygen atoms in total. The topological polar surface area (TPSA) is 75.2 Å². The molecule has 1 aromatic heterocycles. The SMILES string of the molecule is CCOc1cccnc1N(CCC(=N)N)c1ccccc1. The lowest BCUT2D eigenvalue weighted by Crippen LogP contribution is -2.24. The Morgan fingerprint density at radius 3 is 2.67 bits per heavy atom. The van der Waals surface area contributed by atoms with Gasteiger partial charge in [0.2, 0.25) is 0 Å². The van der Waals surface area contributed by atoms with Crippen LogP contribution in [0.1, 0.15) is 13.3 Å². The molecule has 1 aromatic carbocycles. The Morgan fingerprint density at radius 2 is 2.00 bits per heavy atom. The Kier molecular flexibility index (Phi) is 5.15. The fourth-order valence-corrected chi connectivity index (χ4v) is 2.05. The van der Waals surface area contributed by atoms with E-state index in [4.69, 9.17) is 15.9 Å². The van der Waals surface area contributed by atoms with Crippen molar-refractivity contribution in [2.75, 3.05) is 18.1 Å². The zero-order chi connectivity index (χ0) is 15.1. The van der Waals surface area contributed by atoms with Crippen LogP contribution in [-0.2, 0) is 0 Å². The predicted octanol–water partition coefficient (Wildman–Crippen LogP) is 2.94. The van der Waals surface area contributed by atoms with Crippen LogP contribution in [0.3, 0.4) is 0 Å². The maximum absolute atomic E-state index is 7.45. The van der Waals surface area contributed by atoms with Crippen molar-refractivity contribution in [2.24, 2.45) is 5.73 Å². The highest BCUT2D eigenvalue weighted by Gasteiger charge is 2.15. The number of nitrogens with two attached hydrogens (primary N) is 1. The van der Waals surface area contributed by atoms with Gasteiger partial charge in [-0.05, 0) is 31.2 Å². The van der Waals surface area contributed by atoms with Crippen molar-refractivity contribution in [1.29, 1.82) is 5.41 Å². The number of benzene rings is 1. The molecule has 0 radical (unpaired) electrons. The van der Waals surface area contributed by atoms with Gasteiger partial charge in [-0.3, -0.25) is 5.41 Å². The number of para-hydroxylation sites is 1. The number of nitrogens with zero attached hydrogens (tertiary/aromatic N) is 2. The highest BCUT2D eigenvalue weighted by molar-refractivity contribution is 5.78. The molecule has 0 amide bonds. The van der Waals surface area contributed by atoms with Crippen LogP contribution < -0.4 is 15.4 Å². The summed E-state index contributed by atoms with van der Waals surface area (Å²) in [5.74, 6) is 1.63. The third kappa shape index (κ3) is 3.95. The molecule has 21 heavy (non-hydrogen) atoms. The van der Waals surface area contributed by atoms with Crippen LogP contribution in [0.15, 0.2) is 48.7 Å². The number of anilines is 2. The third-order valence-electron chi connectivity index (χ3n) is 2.98. The van der Waals surface area contributed by atoms with Crippen molar-refractivity contribution < 1.29 is 4.74 Å². The molecule has 0 aliphatic carbocycles.